The second-order valence-electron chi connectivity index (χ2n) is 4.28. The van der Waals surface area contributed by atoms with Crippen LogP contribution in [-0.2, 0) is 6.42 Å². The van der Waals surface area contributed by atoms with Gasteiger partial charge in [0, 0.05) is 6.42 Å². The first-order valence-corrected chi connectivity index (χ1v) is 5.70. The van der Waals surface area contributed by atoms with Crippen LogP contribution in [0.2, 0.25) is 0 Å². The predicted octanol–water partition coefficient (Wildman–Crippen LogP) is 1.82. The molecular formula is C12H15N3O. The lowest BCUT2D eigenvalue weighted by Gasteiger charge is -2.04. The van der Waals surface area contributed by atoms with Crippen molar-refractivity contribution in [3.8, 4) is 11.5 Å². The van der Waals surface area contributed by atoms with E-state index in [1.807, 2.05) is 18.3 Å². The molecule has 1 atom stereocenters. The number of furan rings is 1. The third-order valence-electron chi connectivity index (χ3n) is 3.06. The van der Waals surface area contributed by atoms with Gasteiger partial charge >= 0.3 is 0 Å². The van der Waals surface area contributed by atoms with Gasteiger partial charge in [0.1, 0.15) is 11.5 Å². The normalized spacial score (nSPS) is 20.4. The van der Waals surface area contributed by atoms with E-state index in [1.165, 1.54) is 6.42 Å². The van der Waals surface area contributed by atoms with E-state index in [9.17, 15) is 0 Å². The molecule has 0 bridgehead atoms. The van der Waals surface area contributed by atoms with Crippen molar-refractivity contribution in [3.05, 3.63) is 30.4 Å². The van der Waals surface area contributed by atoms with E-state index in [-0.39, 0.29) is 0 Å². The summed E-state index contributed by atoms with van der Waals surface area (Å²) in [7, 11) is 0. The van der Waals surface area contributed by atoms with Gasteiger partial charge in [-0.05, 0) is 37.6 Å². The number of hydrogen-bond acceptors (Lipinski definition) is 3. The van der Waals surface area contributed by atoms with E-state index in [4.69, 9.17) is 4.42 Å². The number of imidazole rings is 1. The molecule has 0 saturated carbocycles. The number of nitrogens with zero attached hydrogens (tertiary/aromatic N) is 1. The molecule has 1 aliphatic heterocycles. The fourth-order valence-corrected chi connectivity index (χ4v) is 2.19. The van der Waals surface area contributed by atoms with E-state index in [0.717, 1.165) is 42.7 Å². The van der Waals surface area contributed by atoms with Gasteiger partial charge in [-0.25, -0.2) is 4.98 Å². The minimum absolute atomic E-state index is 0.718. The third kappa shape index (κ3) is 1.88. The molecule has 0 spiro atoms. The minimum atomic E-state index is 0.718. The average molecular weight is 217 g/mol. The molecule has 3 rings (SSSR count). The smallest absolute Gasteiger partial charge is 0.151 e. The summed E-state index contributed by atoms with van der Waals surface area (Å²) in [6, 6.07) is 3.82. The summed E-state index contributed by atoms with van der Waals surface area (Å²) in [5.41, 5.74) is 0.964. The molecule has 1 aliphatic rings. The highest BCUT2D eigenvalue weighted by Gasteiger charge is 2.16. The van der Waals surface area contributed by atoms with Gasteiger partial charge in [0.15, 0.2) is 5.76 Å². The molecule has 0 radical (unpaired) electrons. The minimum Gasteiger partial charge on any atom is -0.463 e. The van der Waals surface area contributed by atoms with Gasteiger partial charge < -0.3 is 14.7 Å². The maximum atomic E-state index is 5.32. The zero-order valence-electron chi connectivity index (χ0n) is 9.07. The van der Waals surface area contributed by atoms with E-state index in [2.05, 4.69) is 15.3 Å². The number of rotatable bonds is 3. The van der Waals surface area contributed by atoms with Gasteiger partial charge in [-0.2, -0.15) is 0 Å². The summed E-state index contributed by atoms with van der Waals surface area (Å²) < 4.78 is 5.32. The van der Waals surface area contributed by atoms with Crippen LogP contribution < -0.4 is 5.32 Å². The van der Waals surface area contributed by atoms with Gasteiger partial charge in [-0.3, -0.25) is 0 Å². The topological polar surface area (TPSA) is 53.9 Å². The van der Waals surface area contributed by atoms with E-state index >= 15 is 0 Å². The second kappa shape index (κ2) is 4.14. The van der Waals surface area contributed by atoms with Crippen LogP contribution in [0, 0.1) is 5.92 Å². The summed E-state index contributed by atoms with van der Waals surface area (Å²) in [6.07, 6.45) is 5.79. The summed E-state index contributed by atoms with van der Waals surface area (Å²) >= 11 is 0. The Balaban J connectivity index is 1.72. The van der Waals surface area contributed by atoms with Crippen molar-refractivity contribution in [2.24, 2.45) is 5.92 Å². The van der Waals surface area contributed by atoms with Crippen molar-refractivity contribution in [2.45, 2.75) is 12.8 Å². The third-order valence-corrected chi connectivity index (χ3v) is 3.06. The van der Waals surface area contributed by atoms with Crippen molar-refractivity contribution in [3.63, 3.8) is 0 Å². The number of hydrogen-bond donors (Lipinski definition) is 2. The van der Waals surface area contributed by atoms with Crippen molar-refractivity contribution in [2.75, 3.05) is 13.1 Å². The lowest BCUT2D eigenvalue weighted by atomic mass is 10.1. The molecule has 1 fully saturated rings. The van der Waals surface area contributed by atoms with Crippen LogP contribution in [0.1, 0.15) is 12.2 Å². The second-order valence-corrected chi connectivity index (χ2v) is 4.28. The summed E-state index contributed by atoms with van der Waals surface area (Å²) in [6.45, 7) is 2.24. The Morgan fingerprint density at radius 2 is 2.50 bits per heavy atom. The van der Waals surface area contributed by atoms with Gasteiger partial charge in [0.25, 0.3) is 0 Å². The lowest BCUT2D eigenvalue weighted by Crippen LogP contribution is -2.11. The fourth-order valence-electron chi connectivity index (χ4n) is 2.19. The van der Waals surface area contributed by atoms with Crippen LogP contribution >= 0.6 is 0 Å². The molecule has 1 unspecified atom stereocenters. The number of H-pyrrole nitrogens is 1. The van der Waals surface area contributed by atoms with Crippen LogP contribution in [0.3, 0.4) is 0 Å². The van der Waals surface area contributed by atoms with Crippen molar-refractivity contribution in [1.29, 1.82) is 0 Å². The lowest BCUT2D eigenvalue weighted by molar-refractivity contribution is 0.563. The first kappa shape index (κ1) is 9.66. The molecule has 1 saturated heterocycles. The summed E-state index contributed by atoms with van der Waals surface area (Å²) in [5, 5.41) is 3.37. The Morgan fingerprint density at radius 1 is 1.50 bits per heavy atom. The standard InChI is InChI=1S/C12H15N3O/c1-2-11(16-5-1)10-8-14-12(15-10)6-9-3-4-13-7-9/h1-2,5,8-9,13H,3-4,6-7H2,(H,14,15). The maximum Gasteiger partial charge on any atom is 0.151 e. The molecule has 16 heavy (non-hydrogen) atoms. The quantitative estimate of drug-likeness (QED) is 0.824. The molecule has 0 aromatic carbocycles. The first-order valence-electron chi connectivity index (χ1n) is 5.70. The van der Waals surface area contributed by atoms with E-state index < -0.39 is 0 Å². The molecule has 0 aliphatic carbocycles. The van der Waals surface area contributed by atoms with Crippen molar-refractivity contribution in [1.82, 2.24) is 15.3 Å². The molecule has 0 amide bonds. The van der Waals surface area contributed by atoms with E-state index in [0.29, 0.717) is 0 Å². The zero-order valence-corrected chi connectivity index (χ0v) is 9.07. The predicted molar refractivity (Wildman–Crippen MR) is 61.0 cm³/mol. The summed E-state index contributed by atoms with van der Waals surface area (Å²) in [5.74, 6) is 2.62. The van der Waals surface area contributed by atoms with Crippen LogP contribution in [0.25, 0.3) is 11.5 Å². The van der Waals surface area contributed by atoms with Gasteiger partial charge in [-0.15, -0.1) is 0 Å². The first-order chi connectivity index (χ1) is 7.92. The van der Waals surface area contributed by atoms with Crippen LogP contribution in [0.5, 0.6) is 0 Å². The highest BCUT2D eigenvalue weighted by Crippen LogP contribution is 2.19. The molecule has 4 nitrogen and oxygen atoms in total. The largest absolute Gasteiger partial charge is 0.463 e. The molecule has 2 aromatic heterocycles. The Morgan fingerprint density at radius 3 is 3.25 bits per heavy atom. The highest BCUT2D eigenvalue weighted by atomic mass is 16.3. The molecule has 84 valence electrons. The Labute approximate surface area is 94.1 Å². The molecule has 2 N–H and O–H groups in total. The molecule has 2 aromatic rings. The summed E-state index contributed by atoms with van der Waals surface area (Å²) in [4.78, 5) is 7.70. The van der Waals surface area contributed by atoms with E-state index in [1.54, 1.807) is 6.26 Å². The van der Waals surface area contributed by atoms with Crippen molar-refractivity contribution >= 4 is 0 Å². The Bertz CT molecular complexity index is 441. The average Bonchev–Trinajstić information content (AvgIpc) is 2.99. The zero-order chi connectivity index (χ0) is 10.8. The molecular weight excluding hydrogens is 202 g/mol. The van der Waals surface area contributed by atoms with Crippen LogP contribution in [-0.4, -0.2) is 23.1 Å². The number of nitrogens with one attached hydrogen (secondary N) is 2. The van der Waals surface area contributed by atoms with Gasteiger partial charge in [0.05, 0.1) is 12.5 Å². The fraction of sp³-hybridized carbons (Fsp3) is 0.417. The number of aromatic amines is 1. The Hall–Kier alpha value is -1.55. The van der Waals surface area contributed by atoms with Gasteiger partial charge in [0.2, 0.25) is 0 Å². The monoisotopic (exact) mass is 217 g/mol. The molecule has 4 heteroatoms. The number of aromatic nitrogens is 2. The van der Waals surface area contributed by atoms with Crippen LogP contribution in [0.4, 0.5) is 0 Å². The van der Waals surface area contributed by atoms with Crippen LogP contribution in [0.15, 0.2) is 29.0 Å². The Kier molecular flexibility index (Phi) is 2.50. The SMILES string of the molecule is c1coc(-c2cnc(CC3CCNC3)[nH]2)c1. The van der Waals surface area contributed by atoms with Gasteiger partial charge in [-0.1, -0.05) is 0 Å². The maximum absolute atomic E-state index is 5.32. The van der Waals surface area contributed by atoms with Crippen molar-refractivity contribution < 1.29 is 4.42 Å². The molecule has 3 heterocycles. The highest BCUT2D eigenvalue weighted by molar-refractivity contribution is 5.50.